The zero-order valence-electron chi connectivity index (χ0n) is 35.8. The monoisotopic (exact) mass is 798 g/mol. The van der Waals surface area contributed by atoms with Crippen molar-refractivity contribution in [3.63, 3.8) is 0 Å². The van der Waals surface area contributed by atoms with E-state index in [1.165, 1.54) is 109 Å². The van der Waals surface area contributed by atoms with E-state index in [1.807, 2.05) is 0 Å². The molecule has 11 rings (SSSR count). The SMILES string of the molecule is CC(C)(C)c1cc2c3cc4c(cc3n3c5cnc6c(c5c(c1)c23)[Si](C)(C)C[Si]6(C)C)c1cc(C(C)(C)C)cc2c3c5c(c(C#N)cc3n4c12)[Si](C)(C)C[Si]5(C)C. The molecule has 5 aromatic heterocycles. The van der Waals surface area contributed by atoms with E-state index >= 15 is 0 Å². The van der Waals surface area contributed by atoms with Gasteiger partial charge in [-0.2, -0.15) is 5.26 Å². The molecule has 0 atom stereocenters. The van der Waals surface area contributed by atoms with Crippen LogP contribution in [0.1, 0.15) is 58.2 Å². The highest BCUT2D eigenvalue weighted by Gasteiger charge is 2.49. The van der Waals surface area contributed by atoms with Crippen LogP contribution in [0.4, 0.5) is 0 Å². The first-order chi connectivity index (χ1) is 26.0. The van der Waals surface area contributed by atoms with E-state index in [9.17, 15) is 5.26 Å². The van der Waals surface area contributed by atoms with Crippen molar-refractivity contribution in [2.75, 3.05) is 0 Å². The third kappa shape index (κ3) is 4.10. The van der Waals surface area contributed by atoms with E-state index in [-0.39, 0.29) is 10.8 Å². The summed E-state index contributed by atoms with van der Waals surface area (Å²) in [5.74, 6) is 0. The number of hydrogen-bond donors (Lipinski definition) is 0. The Balaban J connectivity index is 1.39. The summed E-state index contributed by atoms with van der Waals surface area (Å²) in [5, 5.41) is 28.0. The van der Waals surface area contributed by atoms with Gasteiger partial charge in [-0.1, -0.05) is 105 Å². The first-order valence-corrected chi connectivity index (χ1v) is 33.6. The van der Waals surface area contributed by atoms with Crippen LogP contribution in [0.15, 0.2) is 48.7 Å². The lowest BCUT2D eigenvalue weighted by Gasteiger charge is -2.21. The molecule has 4 nitrogen and oxygen atoms in total. The standard InChI is InChI=1S/C48H54N4Si4/c1-47(2,3)27-16-31-29-21-36-30(20-35(29)51-37-15-26(22-49)43-44(39(37)33(18-27)41(31)51)54(9,10)24-53(43,7)8)32-17-28(48(4,5)6)19-34-40-38(52(36)42(32)34)23-50-46-45(40)55(11,12)25-56(46,13)14/h15-21,23H,24-25H2,1-14H3. The van der Waals surface area contributed by atoms with Crippen LogP contribution in [0.2, 0.25) is 63.7 Å². The van der Waals surface area contributed by atoms with Gasteiger partial charge in [-0.05, 0) is 80.0 Å². The third-order valence-electron chi connectivity index (χ3n) is 14.5. The Morgan fingerprint density at radius 2 is 0.964 bits per heavy atom. The van der Waals surface area contributed by atoms with Gasteiger partial charge in [0.2, 0.25) is 0 Å². The molecule has 282 valence electrons. The molecule has 0 unspecified atom stereocenters. The average molecular weight is 799 g/mol. The third-order valence-corrected chi connectivity index (χ3v) is 36.4. The van der Waals surface area contributed by atoms with E-state index in [4.69, 9.17) is 4.98 Å². The van der Waals surface area contributed by atoms with Gasteiger partial charge < -0.3 is 8.80 Å². The topological polar surface area (TPSA) is 45.5 Å². The second-order valence-electron chi connectivity index (χ2n) is 22.7. The average Bonchev–Trinajstić information content (AvgIpc) is 3.86. The fourth-order valence-corrected chi connectivity index (χ4v) is 43.6. The smallest absolute Gasteiger partial charge is 0.102 e. The predicted octanol–water partition coefficient (Wildman–Crippen LogP) is 10.6. The summed E-state index contributed by atoms with van der Waals surface area (Å²) < 4.78 is 5.18. The van der Waals surface area contributed by atoms with Gasteiger partial charge in [0, 0.05) is 48.4 Å². The van der Waals surface area contributed by atoms with Crippen LogP contribution in [0.25, 0.3) is 76.2 Å². The number of fused-ring (bicyclic) bond motifs is 16. The minimum Gasteiger partial charge on any atom is -0.308 e. The van der Waals surface area contributed by atoms with Gasteiger partial charge in [0.15, 0.2) is 0 Å². The molecule has 7 heterocycles. The quantitative estimate of drug-likeness (QED) is 0.143. The molecule has 0 N–H and O–H groups in total. The molecule has 0 fully saturated rings. The summed E-state index contributed by atoms with van der Waals surface area (Å²) in [6.07, 6.45) is 2.25. The first kappa shape index (κ1) is 35.2. The van der Waals surface area contributed by atoms with Gasteiger partial charge in [-0.15, -0.1) is 0 Å². The Labute approximate surface area is 334 Å². The zero-order chi connectivity index (χ0) is 39.8. The van der Waals surface area contributed by atoms with Gasteiger partial charge >= 0.3 is 0 Å². The van der Waals surface area contributed by atoms with Crippen LogP contribution >= 0.6 is 0 Å². The van der Waals surface area contributed by atoms with Crippen LogP contribution in [0, 0.1) is 11.3 Å². The molecule has 0 amide bonds. The summed E-state index contributed by atoms with van der Waals surface area (Å²) in [6.45, 7) is 34.6. The van der Waals surface area contributed by atoms with E-state index in [0.29, 0.717) is 0 Å². The Kier molecular flexibility index (Phi) is 6.27. The minimum atomic E-state index is -1.83. The summed E-state index contributed by atoms with van der Waals surface area (Å²) in [7, 11) is -6.96. The molecule has 0 saturated carbocycles. The Morgan fingerprint density at radius 1 is 0.518 bits per heavy atom. The van der Waals surface area contributed by atoms with Crippen LogP contribution in [-0.4, -0.2) is 46.1 Å². The van der Waals surface area contributed by atoms with Crippen molar-refractivity contribution in [3.8, 4) is 6.07 Å². The number of nitriles is 1. The van der Waals surface area contributed by atoms with Gasteiger partial charge in [-0.25, -0.2) is 0 Å². The number of hydrogen-bond acceptors (Lipinski definition) is 2. The van der Waals surface area contributed by atoms with Crippen LogP contribution in [0.5, 0.6) is 0 Å². The normalized spacial score (nSPS) is 18.9. The van der Waals surface area contributed by atoms with Gasteiger partial charge in [0.1, 0.15) is 8.07 Å². The van der Waals surface area contributed by atoms with Crippen LogP contribution < -0.4 is 20.9 Å². The highest BCUT2D eigenvalue weighted by molar-refractivity contribution is 7.16. The fourth-order valence-electron chi connectivity index (χ4n) is 12.8. The van der Waals surface area contributed by atoms with Crippen molar-refractivity contribution in [3.05, 3.63) is 65.4 Å². The Bertz CT molecular complexity index is 3330. The minimum absolute atomic E-state index is 0.00000733. The van der Waals surface area contributed by atoms with Crippen LogP contribution in [-0.2, 0) is 10.8 Å². The van der Waals surface area contributed by atoms with Crippen molar-refractivity contribution in [1.82, 2.24) is 13.8 Å². The van der Waals surface area contributed by atoms with Gasteiger partial charge in [-0.3, -0.25) is 4.98 Å². The predicted molar refractivity (Wildman–Crippen MR) is 254 cm³/mol. The van der Waals surface area contributed by atoms with Crippen molar-refractivity contribution < 1.29 is 0 Å². The molecule has 0 aliphatic carbocycles. The lowest BCUT2D eigenvalue weighted by Crippen LogP contribution is -2.46. The molecule has 2 aliphatic rings. The summed E-state index contributed by atoms with van der Waals surface area (Å²) in [6, 6.07) is 20.2. The fraction of sp³-hybridized carbons (Fsp3) is 0.375. The van der Waals surface area contributed by atoms with E-state index in [2.05, 4.69) is 157 Å². The maximum atomic E-state index is 10.8. The number of benzene rings is 4. The lowest BCUT2D eigenvalue weighted by atomic mass is 9.85. The molecule has 0 saturated heterocycles. The maximum absolute atomic E-state index is 10.8. The zero-order valence-corrected chi connectivity index (χ0v) is 39.8. The lowest BCUT2D eigenvalue weighted by molar-refractivity contribution is 0.591. The number of nitrogens with zero attached hydrogens (tertiary/aromatic N) is 4. The molecule has 0 spiro atoms. The van der Waals surface area contributed by atoms with E-state index in [0.717, 1.165) is 5.56 Å². The summed E-state index contributed by atoms with van der Waals surface area (Å²) >= 11 is 0. The molecular weight excluding hydrogens is 745 g/mol. The Morgan fingerprint density at radius 3 is 1.48 bits per heavy atom. The van der Waals surface area contributed by atoms with E-state index in [1.54, 1.807) is 10.4 Å². The molecule has 8 heteroatoms. The van der Waals surface area contributed by atoms with Crippen molar-refractivity contribution >= 4 is 129 Å². The number of rotatable bonds is 0. The molecule has 0 bridgehead atoms. The van der Waals surface area contributed by atoms with Gasteiger partial charge in [0.25, 0.3) is 0 Å². The number of aromatic nitrogens is 3. The largest absolute Gasteiger partial charge is 0.308 e. The molecule has 2 aliphatic heterocycles. The summed E-state index contributed by atoms with van der Waals surface area (Å²) in [5.41, 5.74) is 14.1. The first-order valence-electron chi connectivity index (χ1n) is 20.8. The highest BCUT2D eigenvalue weighted by atomic mass is 28.4. The maximum Gasteiger partial charge on any atom is 0.102 e. The highest BCUT2D eigenvalue weighted by Crippen LogP contribution is 2.48. The molecular formula is C48H54N4Si4. The van der Waals surface area contributed by atoms with Crippen molar-refractivity contribution in [2.45, 2.75) is 116 Å². The molecule has 0 radical (unpaired) electrons. The van der Waals surface area contributed by atoms with Crippen LogP contribution in [0.3, 0.4) is 0 Å². The van der Waals surface area contributed by atoms with E-state index < -0.39 is 32.3 Å². The van der Waals surface area contributed by atoms with Gasteiger partial charge in [0.05, 0.1) is 75.2 Å². The van der Waals surface area contributed by atoms with Crippen molar-refractivity contribution in [2.24, 2.45) is 0 Å². The molecule has 9 aromatic rings. The number of pyridine rings is 1. The molecule has 56 heavy (non-hydrogen) atoms. The Hall–Kier alpha value is -4.01. The van der Waals surface area contributed by atoms with Crippen molar-refractivity contribution in [1.29, 1.82) is 5.26 Å². The second-order valence-corrected chi connectivity index (χ2v) is 42.6. The summed E-state index contributed by atoms with van der Waals surface area (Å²) in [4.78, 5) is 5.43. The second kappa shape index (κ2) is 9.98. The molecule has 4 aromatic carbocycles.